The fourth-order valence-corrected chi connectivity index (χ4v) is 1.88. The van der Waals surface area contributed by atoms with E-state index in [0.29, 0.717) is 0 Å². The topological polar surface area (TPSA) is 75.4 Å². The number of carbonyl (C=O) groups is 2. The van der Waals surface area contributed by atoms with Gasteiger partial charge in [-0.1, -0.05) is 18.2 Å². The Labute approximate surface area is 93.2 Å². The molecule has 1 aliphatic rings. The Hall–Kier alpha value is -1.88. The van der Waals surface area contributed by atoms with Gasteiger partial charge in [0.1, 0.15) is 6.04 Å². The number of likely N-dealkylation sites (N-methyl/N-ethyl adjacent to an activating group) is 1. The van der Waals surface area contributed by atoms with Gasteiger partial charge in [0.15, 0.2) is 0 Å². The zero-order valence-corrected chi connectivity index (χ0v) is 8.93. The predicted octanol–water partition coefficient (Wildman–Crippen LogP) is -0.221. The molecule has 1 aromatic rings. The Morgan fingerprint density at radius 2 is 2.19 bits per heavy atom. The highest BCUT2D eigenvalue weighted by atomic mass is 16.2. The van der Waals surface area contributed by atoms with E-state index in [1.165, 1.54) is 0 Å². The van der Waals surface area contributed by atoms with Crippen LogP contribution in [0.1, 0.15) is 11.6 Å². The van der Waals surface area contributed by atoms with E-state index in [0.717, 1.165) is 11.3 Å². The number of hydrogen-bond acceptors (Lipinski definition) is 3. The van der Waals surface area contributed by atoms with Gasteiger partial charge in [-0.15, -0.1) is 0 Å². The van der Waals surface area contributed by atoms with E-state index in [1.807, 2.05) is 24.3 Å². The number of anilines is 1. The Bertz CT molecular complexity index is 445. The normalized spacial score (nSPS) is 18.7. The van der Waals surface area contributed by atoms with Crippen LogP contribution in [0.5, 0.6) is 0 Å². The van der Waals surface area contributed by atoms with E-state index >= 15 is 0 Å². The van der Waals surface area contributed by atoms with Crippen molar-refractivity contribution in [1.82, 2.24) is 5.32 Å². The maximum atomic E-state index is 11.9. The van der Waals surface area contributed by atoms with Crippen LogP contribution in [0.4, 0.5) is 5.69 Å². The smallest absolute Gasteiger partial charge is 0.248 e. The minimum atomic E-state index is -0.472. The van der Waals surface area contributed by atoms with Crippen molar-refractivity contribution in [2.24, 2.45) is 5.73 Å². The van der Waals surface area contributed by atoms with Gasteiger partial charge in [-0.05, 0) is 6.07 Å². The highest BCUT2D eigenvalue weighted by molar-refractivity contribution is 6.04. The van der Waals surface area contributed by atoms with Gasteiger partial charge in [0, 0.05) is 18.3 Å². The Balaban J connectivity index is 2.27. The molecule has 2 amide bonds. The molecule has 1 aliphatic heterocycles. The molecule has 0 saturated heterocycles. The minimum Gasteiger partial charge on any atom is -0.369 e. The number of carbonyl (C=O) groups excluding carboxylic acids is 2. The minimum absolute atomic E-state index is 0.00141. The molecule has 0 bridgehead atoms. The number of primary amides is 1. The lowest BCUT2D eigenvalue weighted by molar-refractivity contribution is -0.120. The molecule has 3 N–H and O–H groups in total. The van der Waals surface area contributed by atoms with E-state index in [-0.39, 0.29) is 12.5 Å². The molecule has 0 spiro atoms. The molecule has 1 heterocycles. The second kappa shape index (κ2) is 3.94. The molecule has 84 valence electrons. The summed E-state index contributed by atoms with van der Waals surface area (Å²) in [6, 6.07) is 7.02. The molecular formula is C11H13N3O2. The summed E-state index contributed by atoms with van der Waals surface area (Å²) < 4.78 is 0. The molecule has 0 radical (unpaired) electrons. The lowest BCUT2D eigenvalue weighted by Crippen LogP contribution is -2.37. The summed E-state index contributed by atoms with van der Waals surface area (Å²) in [4.78, 5) is 24.2. The van der Waals surface area contributed by atoms with Crippen LogP contribution < -0.4 is 16.0 Å². The van der Waals surface area contributed by atoms with Crippen molar-refractivity contribution in [3.63, 3.8) is 0 Å². The van der Waals surface area contributed by atoms with Gasteiger partial charge < -0.3 is 10.6 Å². The summed E-state index contributed by atoms with van der Waals surface area (Å²) >= 11 is 0. The second-order valence-electron chi connectivity index (χ2n) is 3.74. The molecule has 5 heteroatoms. The Morgan fingerprint density at radius 1 is 1.50 bits per heavy atom. The summed E-state index contributed by atoms with van der Waals surface area (Å²) in [7, 11) is 1.72. The highest BCUT2D eigenvalue weighted by Gasteiger charge is 2.34. The van der Waals surface area contributed by atoms with Crippen molar-refractivity contribution in [3.05, 3.63) is 29.8 Å². The van der Waals surface area contributed by atoms with Gasteiger partial charge in [0.2, 0.25) is 11.8 Å². The third kappa shape index (κ3) is 1.65. The highest BCUT2D eigenvalue weighted by Crippen LogP contribution is 2.34. The summed E-state index contributed by atoms with van der Waals surface area (Å²) in [5.41, 5.74) is 6.80. The number of fused-ring (bicyclic) bond motifs is 1. The van der Waals surface area contributed by atoms with Gasteiger partial charge in [-0.25, -0.2) is 0 Å². The number of benzene rings is 1. The molecule has 16 heavy (non-hydrogen) atoms. The van der Waals surface area contributed by atoms with Gasteiger partial charge in [0.05, 0.1) is 6.54 Å². The maximum Gasteiger partial charge on any atom is 0.248 e. The number of para-hydroxylation sites is 1. The van der Waals surface area contributed by atoms with Crippen LogP contribution in [0.25, 0.3) is 0 Å². The van der Waals surface area contributed by atoms with Crippen molar-refractivity contribution in [2.45, 2.75) is 6.04 Å². The van der Waals surface area contributed by atoms with Crippen molar-refractivity contribution < 1.29 is 9.59 Å². The van der Waals surface area contributed by atoms with E-state index in [2.05, 4.69) is 5.32 Å². The number of nitrogens with two attached hydrogens (primary N) is 1. The first-order valence-electron chi connectivity index (χ1n) is 4.99. The number of nitrogens with one attached hydrogen (secondary N) is 1. The van der Waals surface area contributed by atoms with Crippen LogP contribution in [-0.2, 0) is 9.59 Å². The summed E-state index contributed by atoms with van der Waals surface area (Å²) in [5.74, 6) is -0.540. The average molecular weight is 219 g/mol. The summed E-state index contributed by atoms with van der Waals surface area (Å²) in [6.45, 7) is -0.00141. The molecule has 1 aromatic carbocycles. The fourth-order valence-electron chi connectivity index (χ4n) is 1.88. The number of hydrogen-bond donors (Lipinski definition) is 2. The van der Waals surface area contributed by atoms with Crippen LogP contribution in [0.2, 0.25) is 0 Å². The molecule has 5 nitrogen and oxygen atoms in total. The van der Waals surface area contributed by atoms with Gasteiger partial charge in [0.25, 0.3) is 0 Å². The molecule has 1 unspecified atom stereocenters. The Morgan fingerprint density at radius 3 is 2.88 bits per heavy atom. The number of rotatable bonds is 3. The zero-order valence-electron chi connectivity index (χ0n) is 8.93. The third-order valence-corrected chi connectivity index (χ3v) is 2.67. The third-order valence-electron chi connectivity index (χ3n) is 2.67. The largest absolute Gasteiger partial charge is 0.369 e. The van der Waals surface area contributed by atoms with Crippen molar-refractivity contribution in [3.8, 4) is 0 Å². The lowest BCUT2D eigenvalue weighted by atomic mass is 10.1. The van der Waals surface area contributed by atoms with Crippen molar-refractivity contribution in [2.75, 3.05) is 18.5 Å². The monoisotopic (exact) mass is 219 g/mol. The molecule has 0 saturated carbocycles. The van der Waals surface area contributed by atoms with Gasteiger partial charge >= 0.3 is 0 Å². The first kappa shape index (κ1) is 10.6. The quantitative estimate of drug-likeness (QED) is 0.738. The SMILES string of the molecule is CN1C(=O)C(NCC(N)=O)c2ccccc21. The van der Waals surface area contributed by atoms with Crippen molar-refractivity contribution >= 4 is 17.5 Å². The summed E-state index contributed by atoms with van der Waals surface area (Å²) in [5, 5.41) is 2.85. The first-order valence-corrected chi connectivity index (χ1v) is 4.99. The van der Waals surface area contributed by atoms with Crippen molar-refractivity contribution in [1.29, 1.82) is 0 Å². The first-order chi connectivity index (χ1) is 7.61. The van der Waals surface area contributed by atoms with Crippen LogP contribution in [0.15, 0.2) is 24.3 Å². The second-order valence-corrected chi connectivity index (χ2v) is 3.74. The number of amides is 2. The number of nitrogens with zero attached hydrogens (tertiary/aromatic N) is 1. The fraction of sp³-hybridized carbons (Fsp3) is 0.273. The molecule has 2 rings (SSSR count). The summed E-state index contributed by atoms with van der Waals surface area (Å²) in [6.07, 6.45) is 0. The van der Waals surface area contributed by atoms with Gasteiger partial charge in [-0.3, -0.25) is 14.9 Å². The molecule has 0 aromatic heterocycles. The standard InChI is InChI=1S/C11H13N3O2/c1-14-8-5-3-2-4-7(8)10(11(14)16)13-6-9(12)15/h2-5,10,13H,6H2,1H3,(H2,12,15). The van der Waals surface area contributed by atoms with E-state index in [4.69, 9.17) is 5.73 Å². The lowest BCUT2D eigenvalue weighted by Gasteiger charge is -2.11. The zero-order chi connectivity index (χ0) is 11.7. The van der Waals surface area contributed by atoms with Gasteiger partial charge in [-0.2, -0.15) is 0 Å². The maximum absolute atomic E-state index is 11.9. The van der Waals surface area contributed by atoms with Crippen LogP contribution in [0.3, 0.4) is 0 Å². The van der Waals surface area contributed by atoms with Crippen LogP contribution in [-0.4, -0.2) is 25.4 Å². The predicted molar refractivity (Wildman–Crippen MR) is 59.8 cm³/mol. The molecular weight excluding hydrogens is 206 g/mol. The van der Waals surface area contributed by atoms with E-state index in [1.54, 1.807) is 11.9 Å². The van der Waals surface area contributed by atoms with E-state index in [9.17, 15) is 9.59 Å². The van der Waals surface area contributed by atoms with E-state index < -0.39 is 11.9 Å². The molecule has 0 aliphatic carbocycles. The Kier molecular flexibility index (Phi) is 2.62. The molecule has 0 fully saturated rings. The van der Waals surface area contributed by atoms with Crippen LogP contribution >= 0.6 is 0 Å². The van der Waals surface area contributed by atoms with Crippen LogP contribution in [0, 0.1) is 0 Å². The molecule has 1 atom stereocenters. The average Bonchev–Trinajstić information content (AvgIpc) is 2.50.